The number of esters is 1. The normalized spacial score (nSPS) is 33.4. The Labute approximate surface area is 344 Å². The van der Waals surface area contributed by atoms with Crippen molar-refractivity contribution in [2.75, 3.05) is 59.8 Å². The molecule has 0 aromatic rings. The molecule has 5 aliphatic rings. The van der Waals surface area contributed by atoms with Crippen molar-refractivity contribution in [2.45, 2.75) is 113 Å². The van der Waals surface area contributed by atoms with Crippen molar-refractivity contribution < 1.29 is 69.0 Å². The van der Waals surface area contributed by atoms with Gasteiger partial charge in [0.05, 0.1) is 49.7 Å². The van der Waals surface area contributed by atoms with E-state index in [2.05, 4.69) is 15.6 Å². The molecule has 0 radical (unpaired) electrons. The van der Waals surface area contributed by atoms with Gasteiger partial charge in [-0.1, -0.05) is 30.2 Å². The highest BCUT2D eigenvalue weighted by Crippen LogP contribution is 2.41. The van der Waals surface area contributed by atoms with E-state index in [1.165, 1.54) is 6.26 Å². The van der Waals surface area contributed by atoms with E-state index in [0.29, 0.717) is 13.0 Å². The van der Waals surface area contributed by atoms with Gasteiger partial charge in [-0.15, -0.1) is 0 Å². The molecule has 2 saturated carbocycles. The number of carboxylic acids is 1. The maximum atomic E-state index is 14.1. The van der Waals surface area contributed by atoms with Crippen LogP contribution in [0.25, 0.3) is 0 Å². The average Bonchev–Trinajstić information content (AvgIpc) is 3.73. The van der Waals surface area contributed by atoms with E-state index in [9.17, 15) is 45.3 Å². The monoisotopic (exact) mass is 839 g/mol. The van der Waals surface area contributed by atoms with Gasteiger partial charge in [0.15, 0.2) is 18.4 Å². The molecule has 10 atom stereocenters. The van der Waals surface area contributed by atoms with Crippen molar-refractivity contribution >= 4 is 17.9 Å². The van der Waals surface area contributed by atoms with Gasteiger partial charge in [0.2, 0.25) is 12.1 Å². The van der Waals surface area contributed by atoms with Crippen LogP contribution < -0.4 is 16.4 Å². The maximum Gasteiger partial charge on any atom is 0.338 e. The fourth-order valence-electron chi connectivity index (χ4n) is 8.66. The number of hydrogen-bond donors (Lipinski definition) is 10. The molecule has 0 aromatic carbocycles. The minimum atomic E-state index is -2.92. The number of aliphatic hydroxyl groups is 6. The molecule has 0 spiro atoms. The summed E-state index contributed by atoms with van der Waals surface area (Å²) in [6.45, 7) is -0.350. The van der Waals surface area contributed by atoms with Gasteiger partial charge in [-0.05, 0) is 64.8 Å². The number of guanidine groups is 1. The van der Waals surface area contributed by atoms with Gasteiger partial charge in [-0.3, -0.25) is 20.0 Å². The van der Waals surface area contributed by atoms with Crippen LogP contribution in [0, 0.1) is 23.7 Å². The van der Waals surface area contributed by atoms with E-state index in [1.807, 2.05) is 23.1 Å². The SMILES string of the molecule is CNCO[C@@H]1[C@H](O[C@H]2OC=C(C(=O)OC3CCCC3)[C@@H](C=CC3CN(CCO)CC(C(=O)O)C3NC(N)=NCCCO)[C@H]2C=C2CCCCC2)O[C@H](CO)[C@@H](O)C1(O)O. The number of nitrogens with zero attached hydrogens (tertiary/aromatic N) is 2. The number of likely N-dealkylation sites (tertiary alicyclic amines) is 1. The summed E-state index contributed by atoms with van der Waals surface area (Å²) in [4.78, 5) is 33.0. The maximum absolute atomic E-state index is 14.1. The molecular weight excluding hydrogens is 774 g/mol. The largest absolute Gasteiger partial charge is 0.481 e. The van der Waals surface area contributed by atoms with Crippen molar-refractivity contribution in [3.05, 3.63) is 35.6 Å². The molecule has 2 saturated heterocycles. The van der Waals surface area contributed by atoms with Crippen LogP contribution in [-0.2, 0) is 33.3 Å². The predicted octanol–water partition coefficient (Wildman–Crippen LogP) is -0.991. The van der Waals surface area contributed by atoms with Gasteiger partial charge in [-0.2, -0.15) is 0 Å². The van der Waals surface area contributed by atoms with E-state index >= 15 is 0 Å². The van der Waals surface area contributed by atoms with Gasteiger partial charge >= 0.3 is 11.9 Å². The minimum absolute atomic E-state index is 0.0153. The highest BCUT2D eigenvalue weighted by atomic mass is 16.8. The van der Waals surface area contributed by atoms with Crippen LogP contribution in [-0.4, -0.2) is 167 Å². The Morgan fingerprint density at radius 1 is 1.05 bits per heavy atom. The Bertz CT molecular complexity index is 1480. The van der Waals surface area contributed by atoms with Crippen LogP contribution in [0.3, 0.4) is 0 Å². The lowest BCUT2D eigenvalue weighted by Gasteiger charge is -2.47. The first kappa shape index (κ1) is 46.8. The van der Waals surface area contributed by atoms with E-state index in [4.69, 9.17) is 29.4 Å². The molecule has 19 heteroatoms. The number of carbonyl (C=O) groups is 2. The number of carbonyl (C=O) groups excluding carboxylic acids is 1. The lowest BCUT2D eigenvalue weighted by molar-refractivity contribution is -0.410. The molecule has 4 fully saturated rings. The molecule has 0 bridgehead atoms. The van der Waals surface area contributed by atoms with Gasteiger partial charge in [0.1, 0.15) is 18.3 Å². The number of aliphatic carboxylic acids is 1. The topological polar surface area (TPSA) is 288 Å². The van der Waals surface area contributed by atoms with Gasteiger partial charge < -0.3 is 70.5 Å². The van der Waals surface area contributed by atoms with Crippen LogP contribution in [0.15, 0.2) is 40.6 Å². The van der Waals surface area contributed by atoms with E-state index in [-0.39, 0.29) is 57.2 Å². The summed E-state index contributed by atoms with van der Waals surface area (Å²) in [6.07, 6.45) is 6.89. The summed E-state index contributed by atoms with van der Waals surface area (Å²) in [5, 5.41) is 78.3. The average molecular weight is 840 g/mol. The number of hydrogen-bond acceptors (Lipinski definition) is 16. The van der Waals surface area contributed by atoms with Crippen molar-refractivity contribution in [3.63, 3.8) is 0 Å². The predicted molar refractivity (Wildman–Crippen MR) is 211 cm³/mol. The van der Waals surface area contributed by atoms with Crippen LogP contribution in [0.1, 0.15) is 64.2 Å². The third-order valence-electron chi connectivity index (χ3n) is 11.8. The molecule has 5 rings (SSSR count). The fraction of sp³-hybridized carbons (Fsp3) is 0.775. The first-order valence-electron chi connectivity index (χ1n) is 20.9. The highest BCUT2D eigenvalue weighted by molar-refractivity contribution is 5.89. The van der Waals surface area contributed by atoms with Gasteiger partial charge in [0, 0.05) is 44.6 Å². The Kier molecular flexibility index (Phi) is 17.9. The number of β-amino-alcohol motifs (C(OH)–C–C–N with tert-alkyl or cyclic N) is 1. The van der Waals surface area contributed by atoms with Crippen LogP contribution in [0.2, 0.25) is 0 Å². The standard InChI is InChI=1S/C40H65N5O14/c1-42-23-56-34-38(58-31(21-48)33(49)40(34,53)54)59-37-28(18-24-8-3-2-4-9-24)27(30(22-55-37)36(52)57-26-10-5-6-11-26)13-12-25-19-45(15-17-47)20-29(35(50)51)32(25)44-39(41)43-14-7-16-46/h12-13,18,22,25-29,31-34,37-38,42,46-49,53-54H,2-11,14-17,19-21,23H2,1H3,(H,50,51)(H3,41,43,44)/t25?,27-,28+,29?,31+,32?,33+,34+,37+,38-/m0/s1. The quantitative estimate of drug-likeness (QED) is 0.0198. The molecule has 3 unspecified atom stereocenters. The highest BCUT2D eigenvalue weighted by Gasteiger charge is 2.57. The van der Waals surface area contributed by atoms with Crippen LogP contribution >= 0.6 is 0 Å². The minimum Gasteiger partial charge on any atom is -0.481 e. The summed E-state index contributed by atoms with van der Waals surface area (Å²) in [6, 6.07) is -0.763. The molecule has 0 aromatic heterocycles. The lowest BCUT2D eigenvalue weighted by atomic mass is 9.78. The second kappa shape index (κ2) is 22.6. The van der Waals surface area contributed by atoms with E-state index in [0.717, 1.165) is 63.4 Å². The van der Waals surface area contributed by atoms with E-state index in [1.54, 1.807) is 7.05 Å². The van der Waals surface area contributed by atoms with Crippen molar-refractivity contribution in [3.8, 4) is 0 Å². The lowest BCUT2D eigenvalue weighted by Crippen LogP contribution is -2.69. The molecule has 3 aliphatic heterocycles. The van der Waals surface area contributed by atoms with Gasteiger partial charge in [0.25, 0.3) is 0 Å². The second-order valence-corrected chi connectivity index (χ2v) is 16.0. The number of ether oxygens (including phenoxy) is 5. The zero-order valence-corrected chi connectivity index (χ0v) is 33.8. The third kappa shape index (κ3) is 12.2. The number of aliphatic hydroxyl groups excluding tert-OH is 4. The smallest absolute Gasteiger partial charge is 0.338 e. The summed E-state index contributed by atoms with van der Waals surface area (Å²) in [7, 11) is 1.57. The van der Waals surface area contributed by atoms with Crippen molar-refractivity contribution in [1.29, 1.82) is 0 Å². The zero-order chi connectivity index (χ0) is 42.5. The summed E-state index contributed by atoms with van der Waals surface area (Å²) < 4.78 is 30.2. The molecule has 11 N–H and O–H groups in total. The molecule has 19 nitrogen and oxygen atoms in total. The molecule has 2 aliphatic carbocycles. The van der Waals surface area contributed by atoms with Crippen LogP contribution in [0.5, 0.6) is 0 Å². The number of nitrogens with two attached hydrogens (primary N) is 1. The molecule has 59 heavy (non-hydrogen) atoms. The molecular formula is C40H65N5O14. The third-order valence-corrected chi connectivity index (χ3v) is 11.8. The first-order chi connectivity index (χ1) is 28.4. The van der Waals surface area contributed by atoms with Crippen LogP contribution in [0.4, 0.5) is 0 Å². The Balaban J connectivity index is 1.57. The summed E-state index contributed by atoms with van der Waals surface area (Å²) in [5.74, 6) is -7.65. The molecule has 3 heterocycles. The van der Waals surface area contributed by atoms with Crippen molar-refractivity contribution in [2.24, 2.45) is 34.4 Å². The zero-order valence-electron chi connectivity index (χ0n) is 33.8. The van der Waals surface area contributed by atoms with E-state index < -0.39 is 84.9 Å². The first-order valence-corrected chi connectivity index (χ1v) is 20.9. The molecule has 334 valence electrons. The number of rotatable bonds is 18. The Morgan fingerprint density at radius 2 is 1.80 bits per heavy atom. The number of nitrogens with one attached hydrogen (secondary N) is 2. The Morgan fingerprint density at radius 3 is 2.46 bits per heavy atom. The summed E-state index contributed by atoms with van der Waals surface area (Å²) >= 11 is 0. The van der Waals surface area contributed by atoms with Crippen molar-refractivity contribution in [1.82, 2.24) is 15.5 Å². The second-order valence-electron chi connectivity index (χ2n) is 16.0. The number of carboxylic acid groups (broad SMARTS) is 1. The number of allylic oxidation sites excluding steroid dienone is 2. The van der Waals surface area contributed by atoms with Gasteiger partial charge in [-0.25, -0.2) is 4.79 Å². The fourth-order valence-corrected chi connectivity index (χ4v) is 8.66. The number of aliphatic imine (C=N–C) groups is 1. The summed E-state index contributed by atoms with van der Waals surface area (Å²) in [5.41, 5.74) is 7.53. The number of piperidine rings is 1. The molecule has 0 amide bonds. The Hall–Kier alpha value is -3.21.